The van der Waals surface area contributed by atoms with Gasteiger partial charge in [-0.2, -0.15) is 0 Å². The van der Waals surface area contributed by atoms with Crippen LogP contribution in [-0.2, 0) is 19.2 Å². The number of hydrogen-bond donors (Lipinski definition) is 2. The van der Waals surface area contributed by atoms with Crippen molar-refractivity contribution in [1.29, 1.82) is 0 Å². The number of carboxylic acids is 2. The third-order valence-electron chi connectivity index (χ3n) is 5.32. The van der Waals surface area contributed by atoms with Gasteiger partial charge in [-0.15, -0.1) is 0 Å². The number of unbranched alkanes of at least 4 members (excludes halogenated alkanes) is 12. The van der Waals surface area contributed by atoms with Crippen LogP contribution in [0.5, 0.6) is 0 Å². The van der Waals surface area contributed by atoms with Crippen LogP contribution in [0.3, 0.4) is 0 Å². The van der Waals surface area contributed by atoms with Crippen LogP contribution in [0.1, 0.15) is 129 Å². The minimum Gasteiger partial charge on any atom is -0.550 e. The molecule has 0 saturated carbocycles. The molecule has 0 unspecified atom stereocenters. The quantitative estimate of drug-likeness (QED) is 0.170. The predicted octanol–water partition coefficient (Wildman–Crippen LogP) is 2.39. The Kier molecular flexibility index (Phi) is 33.5. The smallest absolute Gasteiger partial charge is 0.550 e. The second-order valence-electron chi connectivity index (χ2n) is 8.69. The molecule has 200 valence electrons. The van der Waals surface area contributed by atoms with Crippen molar-refractivity contribution in [3.63, 3.8) is 0 Å². The number of aliphatic carboxylic acids is 2. The van der Waals surface area contributed by atoms with Crippen LogP contribution in [0.2, 0.25) is 0 Å². The average molecular weight is 509 g/mol. The summed E-state index contributed by atoms with van der Waals surface area (Å²) in [6.45, 7) is 4.74. The van der Waals surface area contributed by atoms with Crippen LogP contribution in [-0.4, -0.2) is 59.9 Å². The molecule has 2 N–H and O–H groups in total. The van der Waals surface area contributed by atoms with Crippen molar-refractivity contribution in [1.82, 2.24) is 10.6 Å². The Balaban J connectivity index is -0.000000569. The molecule has 0 heterocycles. The van der Waals surface area contributed by atoms with E-state index in [9.17, 15) is 29.4 Å². The molecule has 0 aromatic carbocycles. The number of carbonyl (C=O) groups excluding carboxylic acids is 4. The van der Waals surface area contributed by atoms with Crippen molar-refractivity contribution in [3.8, 4) is 0 Å². The molecule has 2 amide bonds. The average Bonchev–Trinajstić information content (AvgIpc) is 2.78. The number of carbonyl (C=O) groups is 4. The van der Waals surface area contributed by atoms with Crippen LogP contribution >= 0.6 is 0 Å². The molecule has 0 atom stereocenters. The molecule has 0 radical (unpaired) electrons. The zero-order valence-electron chi connectivity index (χ0n) is 22.3. The molecule has 8 nitrogen and oxygen atoms in total. The van der Waals surface area contributed by atoms with Crippen molar-refractivity contribution in [2.24, 2.45) is 0 Å². The predicted molar refractivity (Wildman–Crippen MR) is 136 cm³/mol. The zero-order valence-corrected chi connectivity index (χ0v) is 23.7. The van der Waals surface area contributed by atoms with E-state index in [4.69, 9.17) is 0 Å². The molecular weight excluding hydrogens is 461 g/mol. The van der Waals surface area contributed by atoms with E-state index < -0.39 is 11.9 Å². The van der Waals surface area contributed by atoms with Crippen molar-refractivity contribution < 1.29 is 29.4 Å². The van der Waals surface area contributed by atoms with Gasteiger partial charge >= 0.3 is 23.1 Å². The Morgan fingerprint density at radius 2 is 0.771 bits per heavy atom. The Hall–Kier alpha value is -1.35. The first-order valence-corrected chi connectivity index (χ1v) is 13.3. The summed E-state index contributed by atoms with van der Waals surface area (Å²) in [6.07, 6.45) is 17.3. The fraction of sp³-hybridized carbons (Fsp3) is 0.846. The summed E-state index contributed by atoms with van der Waals surface area (Å²) in [7, 11) is 0. The van der Waals surface area contributed by atoms with E-state index in [2.05, 4.69) is 24.5 Å². The summed E-state index contributed by atoms with van der Waals surface area (Å²) in [4.78, 5) is 42.7. The molecule has 9 heteroatoms. The Bertz CT molecular complexity index is 486. The van der Waals surface area contributed by atoms with E-state index in [1.165, 1.54) is 64.2 Å². The van der Waals surface area contributed by atoms with Gasteiger partial charge in [-0.1, -0.05) is 90.9 Å². The number of amides is 2. The molecule has 0 rings (SSSR count). The summed E-state index contributed by atoms with van der Waals surface area (Å²) >= 11 is 0. The monoisotopic (exact) mass is 508 g/mol. The summed E-state index contributed by atoms with van der Waals surface area (Å²) in [6, 6.07) is 0. The molecule has 35 heavy (non-hydrogen) atoms. The largest absolute Gasteiger partial charge is 2.00 e. The molecule has 0 aliphatic rings. The van der Waals surface area contributed by atoms with Gasteiger partial charge in [-0.05, 0) is 12.8 Å². The van der Waals surface area contributed by atoms with Gasteiger partial charge in [-0.25, -0.2) is 0 Å². The van der Waals surface area contributed by atoms with Crippen molar-refractivity contribution in [2.45, 2.75) is 129 Å². The van der Waals surface area contributed by atoms with Gasteiger partial charge < -0.3 is 30.4 Å². The topological polar surface area (TPSA) is 138 Å². The molecule has 0 fully saturated rings. The standard InChI is InChI=1S/2C13H25NO3.Mg/c2*1-2-3-4-5-6-7-8-9-12(15)14-11-10-13(16)17;/h2*2-11H2,1H3,(H,14,15)(H,16,17);/q;;+2/p-2. The fourth-order valence-electron chi connectivity index (χ4n) is 3.27. The second kappa shape index (κ2) is 30.7. The van der Waals surface area contributed by atoms with E-state index in [0.717, 1.165) is 25.7 Å². The first-order chi connectivity index (χ1) is 16.3. The Labute approximate surface area is 228 Å². The second-order valence-corrected chi connectivity index (χ2v) is 8.69. The minimum absolute atomic E-state index is 0. The van der Waals surface area contributed by atoms with E-state index >= 15 is 0 Å². The van der Waals surface area contributed by atoms with Gasteiger partial charge in [0, 0.05) is 50.7 Å². The maximum Gasteiger partial charge on any atom is 2.00 e. The van der Waals surface area contributed by atoms with Gasteiger partial charge in [0.1, 0.15) is 0 Å². The number of nitrogens with one attached hydrogen (secondary N) is 2. The Morgan fingerprint density at radius 3 is 1.06 bits per heavy atom. The number of carboxylic acid groups (broad SMARTS) is 2. The van der Waals surface area contributed by atoms with Crippen molar-refractivity contribution >= 4 is 46.8 Å². The molecule has 0 aliphatic heterocycles. The van der Waals surface area contributed by atoms with Gasteiger partial charge in [-0.3, -0.25) is 9.59 Å². The normalized spacial score (nSPS) is 9.89. The molecule has 0 aromatic heterocycles. The maximum atomic E-state index is 11.2. The van der Waals surface area contributed by atoms with Crippen molar-refractivity contribution in [2.75, 3.05) is 13.1 Å². The van der Waals surface area contributed by atoms with Gasteiger partial charge in [0.15, 0.2) is 0 Å². The molecule has 0 saturated heterocycles. The summed E-state index contributed by atoms with van der Waals surface area (Å²) in [5, 5.41) is 25.3. The van der Waals surface area contributed by atoms with Crippen LogP contribution in [0.25, 0.3) is 0 Å². The summed E-state index contributed by atoms with van der Waals surface area (Å²) < 4.78 is 0. The van der Waals surface area contributed by atoms with E-state index in [0.29, 0.717) is 12.8 Å². The summed E-state index contributed by atoms with van der Waals surface area (Å²) in [5.41, 5.74) is 0. The Morgan fingerprint density at radius 1 is 0.486 bits per heavy atom. The zero-order chi connectivity index (χ0) is 25.9. The number of rotatable bonds is 22. The third-order valence-corrected chi connectivity index (χ3v) is 5.32. The van der Waals surface area contributed by atoms with Gasteiger partial charge in [0.05, 0.1) is 0 Å². The maximum absolute atomic E-state index is 11.2. The molecule has 0 spiro atoms. The first-order valence-electron chi connectivity index (χ1n) is 13.3. The first kappa shape index (κ1) is 38.2. The number of hydrogen-bond acceptors (Lipinski definition) is 6. The van der Waals surface area contributed by atoms with E-state index in [-0.39, 0.29) is 60.8 Å². The SMILES string of the molecule is CCCCCCCCCC(=O)NCCC(=O)[O-].CCCCCCCCCC(=O)NCCC(=O)[O-].[Mg+2]. The van der Waals surface area contributed by atoms with Crippen LogP contribution in [0.4, 0.5) is 0 Å². The summed E-state index contributed by atoms with van der Waals surface area (Å²) in [5.74, 6) is -2.36. The van der Waals surface area contributed by atoms with Crippen LogP contribution in [0, 0.1) is 0 Å². The molecule has 0 aromatic rings. The van der Waals surface area contributed by atoms with Crippen LogP contribution in [0.15, 0.2) is 0 Å². The molecule has 0 aliphatic carbocycles. The van der Waals surface area contributed by atoms with E-state index in [1.54, 1.807) is 0 Å². The van der Waals surface area contributed by atoms with Crippen LogP contribution < -0.4 is 20.8 Å². The van der Waals surface area contributed by atoms with Gasteiger partial charge in [0.2, 0.25) is 11.8 Å². The third kappa shape index (κ3) is 37.4. The van der Waals surface area contributed by atoms with Gasteiger partial charge in [0.25, 0.3) is 0 Å². The molecular formula is C26H48MgN2O6. The van der Waals surface area contributed by atoms with E-state index in [1.807, 2.05) is 0 Å². The minimum atomic E-state index is -1.12. The van der Waals surface area contributed by atoms with Crippen molar-refractivity contribution in [3.05, 3.63) is 0 Å². The molecule has 0 bridgehead atoms. The fourth-order valence-corrected chi connectivity index (χ4v) is 3.27.